The van der Waals surface area contributed by atoms with E-state index < -0.39 is 6.10 Å². The van der Waals surface area contributed by atoms with Crippen molar-refractivity contribution in [3.63, 3.8) is 0 Å². The maximum absolute atomic E-state index is 12.9. The van der Waals surface area contributed by atoms with Crippen molar-refractivity contribution in [2.75, 3.05) is 13.2 Å². The highest BCUT2D eigenvalue weighted by Gasteiger charge is 2.19. The normalized spacial score (nSPS) is 12.5. The average molecular weight is 1030 g/mol. The van der Waals surface area contributed by atoms with Crippen LogP contribution in [0.1, 0.15) is 323 Å². The summed E-state index contributed by atoms with van der Waals surface area (Å²) in [6.45, 7) is 6.57. The molecule has 0 bridgehead atoms. The molecule has 0 aliphatic carbocycles. The summed E-state index contributed by atoms with van der Waals surface area (Å²) >= 11 is 0. The van der Waals surface area contributed by atoms with Crippen LogP contribution < -0.4 is 0 Å². The Labute approximate surface area is 459 Å². The van der Waals surface area contributed by atoms with Crippen LogP contribution >= 0.6 is 0 Å². The van der Waals surface area contributed by atoms with E-state index in [0.717, 1.165) is 96.3 Å². The van der Waals surface area contributed by atoms with Gasteiger partial charge in [0.2, 0.25) is 0 Å². The van der Waals surface area contributed by atoms with Crippen LogP contribution in [0.25, 0.3) is 0 Å². The number of esters is 3. The van der Waals surface area contributed by atoms with Gasteiger partial charge in [-0.05, 0) is 109 Å². The fourth-order valence-electron chi connectivity index (χ4n) is 9.07. The van der Waals surface area contributed by atoms with Crippen LogP contribution in [-0.2, 0) is 28.6 Å². The Bertz CT molecular complexity index is 1370. The molecule has 0 fully saturated rings. The fourth-order valence-corrected chi connectivity index (χ4v) is 9.07. The van der Waals surface area contributed by atoms with Crippen molar-refractivity contribution in [1.82, 2.24) is 0 Å². The van der Waals surface area contributed by atoms with E-state index in [-0.39, 0.29) is 31.1 Å². The Morgan fingerprint density at radius 2 is 0.514 bits per heavy atom. The summed E-state index contributed by atoms with van der Waals surface area (Å²) in [5.74, 6) is -0.889. The number of ether oxygens (including phenoxy) is 3. The molecule has 0 rings (SSSR count). The van der Waals surface area contributed by atoms with Crippen LogP contribution in [0, 0.1) is 0 Å². The molecule has 1 atom stereocenters. The molecule has 74 heavy (non-hydrogen) atoms. The first-order valence-electron chi connectivity index (χ1n) is 31.9. The molecule has 6 heteroatoms. The summed E-state index contributed by atoms with van der Waals surface area (Å²) in [6.07, 6.45) is 80.6. The van der Waals surface area contributed by atoms with Crippen molar-refractivity contribution in [3.8, 4) is 0 Å². The SMILES string of the molecule is CCC/C=C\CCCCCCCC(=O)OCC(COC(=O)CCCCCCCCCC/C=C\C/C=C\C/C=C\CCCCCCC)OC(=O)CCCCCCCCCCCCC/C=C\C/C=C\CCCCCCC. The molecule has 0 saturated heterocycles. The maximum Gasteiger partial charge on any atom is 0.306 e. The molecule has 0 aliphatic rings. The number of carbonyl (C=O) groups is 3. The molecule has 428 valence electrons. The predicted molar refractivity (Wildman–Crippen MR) is 321 cm³/mol. The number of rotatable bonds is 58. The fraction of sp³-hybridized carbons (Fsp3) is 0.779. The molecule has 0 N–H and O–H groups in total. The lowest BCUT2D eigenvalue weighted by atomic mass is 10.0. The minimum absolute atomic E-state index is 0.0817. The van der Waals surface area contributed by atoms with Gasteiger partial charge >= 0.3 is 17.9 Å². The summed E-state index contributed by atoms with van der Waals surface area (Å²) in [4.78, 5) is 38.2. The zero-order chi connectivity index (χ0) is 53.6. The second-order valence-corrected chi connectivity index (χ2v) is 21.3. The Morgan fingerprint density at radius 1 is 0.270 bits per heavy atom. The second-order valence-electron chi connectivity index (χ2n) is 21.3. The van der Waals surface area contributed by atoms with Gasteiger partial charge in [-0.2, -0.15) is 0 Å². The third-order valence-corrected chi connectivity index (χ3v) is 13.9. The van der Waals surface area contributed by atoms with Gasteiger partial charge in [-0.1, -0.05) is 267 Å². The lowest BCUT2D eigenvalue weighted by molar-refractivity contribution is -0.167. The van der Waals surface area contributed by atoms with Crippen molar-refractivity contribution in [2.24, 2.45) is 0 Å². The smallest absolute Gasteiger partial charge is 0.306 e. The van der Waals surface area contributed by atoms with Crippen LogP contribution in [0.3, 0.4) is 0 Å². The summed E-state index contributed by atoms with van der Waals surface area (Å²) in [5.41, 5.74) is 0. The zero-order valence-electron chi connectivity index (χ0n) is 49.1. The van der Waals surface area contributed by atoms with Gasteiger partial charge in [0.15, 0.2) is 6.10 Å². The molecule has 1 unspecified atom stereocenters. The zero-order valence-corrected chi connectivity index (χ0v) is 49.1. The highest BCUT2D eigenvalue weighted by molar-refractivity contribution is 5.71. The Balaban J connectivity index is 4.27. The van der Waals surface area contributed by atoms with Crippen molar-refractivity contribution in [2.45, 2.75) is 329 Å². The third kappa shape index (κ3) is 59.7. The molecular weight excluding hydrogens is 913 g/mol. The van der Waals surface area contributed by atoms with Crippen molar-refractivity contribution >= 4 is 17.9 Å². The first kappa shape index (κ1) is 70.8. The molecule has 0 saturated carbocycles. The van der Waals surface area contributed by atoms with Crippen LogP contribution in [-0.4, -0.2) is 37.2 Å². The first-order chi connectivity index (χ1) is 36.5. The molecule has 0 radical (unpaired) electrons. The topological polar surface area (TPSA) is 78.9 Å². The van der Waals surface area contributed by atoms with E-state index in [1.54, 1.807) is 0 Å². The van der Waals surface area contributed by atoms with Gasteiger partial charge in [0.1, 0.15) is 13.2 Å². The number of allylic oxidation sites excluding steroid dienone is 12. The average Bonchev–Trinajstić information content (AvgIpc) is 3.40. The van der Waals surface area contributed by atoms with E-state index in [1.807, 2.05) is 0 Å². The summed E-state index contributed by atoms with van der Waals surface area (Å²) in [5, 5.41) is 0. The monoisotopic (exact) mass is 1030 g/mol. The second kappa shape index (κ2) is 62.4. The standard InChI is InChI=1S/C68H120O6/c1-4-7-10-13-16-19-22-24-26-28-30-32-34-36-38-40-42-44-46-49-52-55-58-61-67(70)73-64-65(63-72-66(69)60-57-54-51-48-21-18-15-12-9-6-3)74-68(71)62-59-56-53-50-47-45-43-41-39-37-35-33-31-29-27-25-23-20-17-14-11-8-5-2/h12,15,22-25,28-31,34,36,65H,4-11,13-14,16-21,26-27,32-33,35,37-64H2,1-3H3/b15-12-,24-22-,25-23-,30-28-,31-29-,36-34-. The van der Waals surface area contributed by atoms with Crippen molar-refractivity contribution in [3.05, 3.63) is 72.9 Å². The van der Waals surface area contributed by atoms with Crippen LogP contribution in [0.4, 0.5) is 0 Å². The van der Waals surface area contributed by atoms with E-state index >= 15 is 0 Å². The summed E-state index contributed by atoms with van der Waals surface area (Å²) < 4.78 is 16.9. The molecule has 0 aromatic heterocycles. The lowest BCUT2D eigenvalue weighted by Crippen LogP contribution is -2.30. The Kier molecular flexibility index (Phi) is 59.7. The maximum atomic E-state index is 12.9. The highest BCUT2D eigenvalue weighted by atomic mass is 16.6. The first-order valence-corrected chi connectivity index (χ1v) is 31.9. The van der Waals surface area contributed by atoms with Crippen LogP contribution in [0.2, 0.25) is 0 Å². The largest absolute Gasteiger partial charge is 0.462 e. The molecule has 0 aromatic carbocycles. The lowest BCUT2D eigenvalue weighted by Gasteiger charge is -2.18. The number of carbonyl (C=O) groups excluding carboxylic acids is 3. The minimum Gasteiger partial charge on any atom is -0.462 e. The van der Waals surface area contributed by atoms with Gasteiger partial charge in [-0.3, -0.25) is 14.4 Å². The number of unbranched alkanes of at least 4 members (excludes halogenated alkanes) is 35. The van der Waals surface area contributed by atoms with Gasteiger partial charge in [0, 0.05) is 19.3 Å². The van der Waals surface area contributed by atoms with E-state index in [2.05, 4.69) is 93.7 Å². The van der Waals surface area contributed by atoms with E-state index in [4.69, 9.17) is 14.2 Å². The Hall–Kier alpha value is -3.15. The van der Waals surface area contributed by atoms with Gasteiger partial charge in [0.05, 0.1) is 0 Å². The molecule has 0 aliphatic heterocycles. The molecule has 6 nitrogen and oxygen atoms in total. The van der Waals surface area contributed by atoms with Crippen molar-refractivity contribution < 1.29 is 28.6 Å². The van der Waals surface area contributed by atoms with Crippen LogP contribution in [0.15, 0.2) is 72.9 Å². The Morgan fingerprint density at radius 3 is 0.824 bits per heavy atom. The molecule has 0 aromatic rings. The predicted octanol–water partition coefficient (Wildman–Crippen LogP) is 21.7. The quantitative estimate of drug-likeness (QED) is 0.0261. The minimum atomic E-state index is -0.783. The summed E-state index contributed by atoms with van der Waals surface area (Å²) in [6, 6.07) is 0. The van der Waals surface area contributed by atoms with Gasteiger partial charge < -0.3 is 14.2 Å². The van der Waals surface area contributed by atoms with Crippen LogP contribution in [0.5, 0.6) is 0 Å². The number of hydrogen-bond acceptors (Lipinski definition) is 6. The number of hydrogen-bond donors (Lipinski definition) is 0. The van der Waals surface area contributed by atoms with Crippen molar-refractivity contribution in [1.29, 1.82) is 0 Å². The molecule has 0 amide bonds. The van der Waals surface area contributed by atoms with E-state index in [0.29, 0.717) is 19.3 Å². The summed E-state index contributed by atoms with van der Waals surface area (Å²) in [7, 11) is 0. The van der Waals surface area contributed by atoms with E-state index in [1.165, 1.54) is 186 Å². The molecule has 0 heterocycles. The van der Waals surface area contributed by atoms with E-state index in [9.17, 15) is 14.4 Å². The molecular formula is C68H120O6. The van der Waals surface area contributed by atoms with Gasteiger partial charge in [-0.25, -0.2) is 0 Å². The molecule has 0 spiro atoms. The third-order valence-electron chi connectivity index (χ3n) is 13.9. The highest BCUT2D eigenvalue weighted by Crippen LogP contribution is 2.16. The van der Waals surface area contributed by atoms with Gasteiger partial charge in [-0.15, -0.1) is 0 Å². The van der Waals surface area contributed by atoms with Gasteiger partial charge in [0.25, 0.3) is 0 Å².